The van der Waals surface area contributed by atoms with E-state index in [9.17, 15) is 0 Å². The molecule has 0 saturated heterocycles. The van der Waals surface area contributed by atoms with E-state index in [4.69, 9.17) is 4.52 Å². The molecule has 0 aliphatic heterocycles. The highest BCUT2D eigenvalue weighted by atomic mass is 32.2. The Balaban J connectivity index is 1.64. The number of thioether (sulfide) groups is 1. The Bertz CT molecular complexity index is 994. The standard InChI is InChI=1S/C23H19NOS/c1-17-15-19(22-13-14-25-24-22)11-12-20(17)21-9-5-6-10-23(21)26-16-18-7-3-2-4-8-18/h2-15H,16H2,1H3. The Kier molecular flexibility index (Phi) is 4.89. The predicted octanol–water partition coefficient (Wildman–Crippen LogP) is 6.61. The number of rotatable bonds is 5. The topological polar surface area (TPSA) is 26.0 Å². The second-order valence-electron chi connectivity index (χ2n) is 6.18. The predicted molar refractivity (Wildman–Crippen MR) is 108 cm³/mol. The van der Waals surface area contributed by atoms with E-state index in [0.717, 1.165) is 17.0 Å². The van der Waals surface area contributed by atoms with Crippen molar-refractivity contribution < 1.29 is 4.52 Å². The van der Waals surface area contributed by atoms with Crippen LogP contribution in [-0.4, -0.2) is 5.16 Å². The normalized spacial score (nSPS) is 10.8. The molecule has 1 aromatic heterocycles. The van der Waals surface area contributed by atoms with Gasteiger partial charge >= 0.3 is 0 Å². The zero-order valence-corrected chi connectivity index (χ0v) is 15.4. The van der Waals surface area contributed by atoms with Crippen LogP contribution in [-0.2, 0) is 5.75 Å². The average Bonchev–Trinajstić information content (AvgIpc) is 3.22. The van der Waals surface area contributed by atoms with Gasteiger partial charge in [0, 0.05) is 22.3 Å². The van der Waals surface area contributed by atoms with E-state index < -0.39 is 0 Å². The maximum Gasteiger partial charge on any atom is 0.124 e. The van der Waals surface area contributed by atoms with Crippen LogP contribution in [0.5, 0.6) is 0 Å². The van der Waals surface area contributed by atoms with Gasteiger partial charge in [-0.05, 0) is 41.3 Å². The molecule has 4 rings (SSSR count). The maximum absolute atomic E-state index is 4.96. The Morgan fingerprint density at radius 2 is 1.65 bits per heavy atom. The van der Waals surface area contributed by atoms with Crippen molar-refractivity contribution in [2.45, 2.75) is 17.6 Å². The number of hydrogen-bond acceptors (Lipinski definition) is 3. The maximum atomic E-state index is 4.96. The first-order chi connectivity index (χ1) is 12.8. The van der Waals surface area contributed by atoms with Gasteiger partial charge in [0.25, 0.3) is 0 Å². The molecule has 4 aromatic rings. The molecule has 128 valence electrons. The molecule has 1 heterocycles. The third-order valence-electron chi connectivity index (χ3n) is 4.37. The molecule has 0 radical (unpaired) electrons. The SMILES string of the molecule is Cc1cc(-c2ccon2)ccc1-c1ccccc1SCc1ccccc1. The van der Waals surface area contributed by atoms with Crippen LogP contribution >= 0.6 is 11.8 Å². The fourth-order valence-corrected chi connectivity index (χ4v) is 4.06. The summed E-state index contributed by atoms with van der Waals surface area (Å²) >= 11 is 1.88. The van der Waals surface area contributed by atoms with Crippen molar-refractivity contribution in [2.24, 2.45) is 0 Å². The highest BCUT2D eigenvalue weighted by Crippen LogP contribution is 2.36. The second kappa shape index (κ2) is 7.63. The minimum Gasteiger partial charge on any atom is -0.364 e. The molecular weight excluding hydrogens is 338 g/mol. The smallest absolute Gasteiger partial charge is 0.124 e. The summed E-state index contributed by atoms with van der Waals surface area (Å²) in [6.07, 6.45) is 1.61. The van der Waals surface area contributed by atoms with Gasteiger partial charge in [-0.3, -0.25) is 0 Å². The Morgan fingerprint density at radius 3 is 2.42 bits per heavy atom. The second-order valence-corrected chi connectivity index (χ2v) is 7.20. The zero-order chi connectivity index (χ0) is 17.8. The summed E-state index contributed by atoms with van der Waals surface area (Å²) in [7, 11) is 0. The van der Waals surface area contributed by atoms with Crippen molar-refractivity contribution in [2.75, 3.05) is 0 Å². The van der Waals surface area contributed by atoms with E-state index in [1.54, 1.807) is 6.26 Å². The van der Waals surface area contributed by atoms with Gasteiger partial charge in [0.2, 0.25) is 0 Å². The molecule has 0 bridgehead atoms. The number of benzene rings is 3. The van der Waals surface area contributed by atoms with Crippen molar-refractivity contribution in [3.63, 3.8) is 0 Å². The number of aromatic nitrogens is 1. The van der Waals surface area contributed by atoms with Gasteiger partial charge < -0.3 is 4.52 Å². The molecule has 0 spiro atoms. The first kappa shape index (κ1) is 16.7. The van der Waals surface area contributed by atoms with Crippen LogP contribution in [0.15, 0.2) is 94.5 Å². The van der Waals surface area contributed by atoms with Crippen LogP contribution in [0.1, 0.15) is 11.1 Å². The van der Waals surface area contributed by atoms with Crippen molar-refractivity contribution >= 4 is 11.8 Å². The molecular formula is C23H19NOS. The summed E-state index contributed by atoms with van der Waals surface area (Å²) in [5.41, 5.74) is 7.05. The number of hydrogen-bond donors (Lipinski definition) is 0. The lowest BCUT2D eigenvalue weighted by Gasteiger charge is -2.13. The van der Waals surface area contributed by atoms with Crippen molar-refractivity contribution in [1.29, 1.82) is 0 Å². The molecule has 0 aliphatic rings. The van der Waals surface area contributed by atoms with E-state index in [0.29, 0.717) is 0 Å². The third-order valence-corrected chi connectivity index (χ3v) is 5.52. The van der Waals surface area contributed by atoms with E-state index in [-0.39, 0.29) is 0 Å². The van der Waals surface area contributed by atoms with Crippen molar-refractivity contribution in [3.05, 3.63) is 96.3 Å². The van der Waals surface area contributed by atoms with Crippen molar-refractivity contribution in [3.8, 4) is 22.4 Å². The lowest BCUT2D eigenvalue weighted by molar-refractivity contribution is 0.422. The van der Waals surface area contributed by atoms with Gasteiger partial charge in [-0.25, -0.2) is 0 Å². The average molecular weight is 357 g/mol. The molecule has 0 amide bonds. The van der Waals surface area contributed by atoms with Crippen LogP contribution in [0.25, 0.3) is 22.4 Å². The van der Waals surface area contributed by atoms with E-state index in [1.165, 1.54) is 27.1 Å². The molecule has 0 unspecified atom stereocenters. The van der Waals surface area contributed by atoms with Gasteiger partial charge in [0.05, 0.1) is 0 Å². The first-order valence-corrected chi connectivity index (χ1v) is 9.57. The van der Waals surface area contributed by atoms with E-state index in [1.807, 2.05) is 17.8 Å². The fourth-order valence-electron chi connectivity index (χ4n) is 3.04. The highest BCUT2D eigenvalue weighted by Gasteiger charge is 2.10. The van der Waals surface area contributed by atoms with Crippen molar-refractivity contribution in [1.82, 2.24) is 5.16 Å². The summed E-state index contributed by atoms with van der Waals surface area (Å²) in [6.45, 7) is 2.15. The number of aryl methyl sites for hydroxylation is 1. The Hall–Kier alpha value is -2.78. The van der Waals surface area contributed by atoms with Gasteiger partial charge in [-0.1, -0.05) is 65.8 Å². The minimum atomic E-state index is 0.867. The molecule has 2 nitrogen and oxygen atoms in total. The monoisotopic (exact) mass is 357 g/mol. The first-order valence-electron chi connectivity index (χ1n) is 8.59. The van der Waals surface area contributed by atoms with Gasteiger partial charge in [0.15, 0.2) is 0 Å². The zero-order valence-electron chi connectivity index (χ0n) is 14.6. The Labute approximate surface area is 157 Å². The van der Waals surface area contributed by atoms with Crippen LogP contribution < -0.4 is 0 Å². The largest absolute Gasteiger partial charge is 0.364 e. The molecule has 0 atom stereocenters. The summed E-state index contributed by atoms with van der Waals surface area (Å²) in [5.74, 6) is 0.966. The third kappa shape index (κ3) is 3.58. The van der Waals surface area contributed by atoms with E-state index >= 15 is 0 Å². The van der Waals surface area contributed by atoms with Crippen LogP contribution in [0.4, 0.5) is 0 Å². The van der Waals surface area contributed by atoms with E-state index in [2.05, 4.69) is 84.9 Å². The van der Waals surface area contributed by atoms with Gasteiger partial charge in [-0.15, -0.1) is 11.8 Å². The van der Waals surface area contributed by atoms with Crippen LogP contribution in [0.3, 0.4) is 0 Å². The fraction of sp³-hybridized carbons (Fsp3) is 0.0870. The number of nitrogens with zero attached hydrogens (tertiary/aromatic N) is 1. The lowest BCUT2D eigenvalue weighted by Crippen LogP contribution is -1.89. The van der Waals surface area contributed by atoms with Gasteiger partial charge in [0.1, 0.15) is 12.0 Å². The molecule has 26 heavy (non-hydrogen) atoms. The highest BCUT2D eigenvalue weighted by molar-refractivity contribution is 7.98. The summed E-state index contributed by atoms with van der Waals surface area (Å²) < 4.78 is 4.96. The molecule has 0 saturated carbocycles. The molecule has 3 aromatic carbocycles. The summed E-state index contributed by atoms with van der Waals surface area (Å²) in [6, 6.07) is 27.6. The quantitative estimate of drug-likeness (QED) is 0.376. The molecule has 3 heteroatoms. The Morgan fingerprint density at radius 1 is 0.846 bits per heavy atom. The van der Waals surface area contributed by atoms with Crippen LogP contribution in [0, 0.1) is 6.92 Å². The molecule has 0 fully saturated rings. The van der Waals surface area contributed by atoms with Gasteiger partial charge in [-0.2, -0.15) is 0 Å². The molecule has 0 aliphatic carbocycles. The minimum absolute atomic E-state index is 0.867. The summed E-state index contributed by atoms with van der Waals surface area (Å²) in [5, 5.41) is 4.03. The lowest BCUT2D eigenvalue weighted by atomic mass is 9.97. The van der Waals surface area contributed by atoms with Crippen LogP contribution in [0.2, 0.25) is 0 Å². The molecule has 0 N–H and O–H groups in total. The summed E-state index contributed by atoms with van der Waals surface area (Å²) in [4.78, 5) is 1.30.